The third-order valence-corrected chi connectivity index (χ3v) is 10.8. The van der Waals surface area contributed by atoms with Crippen molar-refractivity contribution in [2.24, 2.45) is 5.92 Å². The average molecular weight is 713 g/mol. The molecule has 0 amide bonds. The summed E-state index contributed by atoms with van der Waals surface area (Å²) in [6.45, 7) is 10.9. The van der Waals surface area contributed by atoms with Crippen molar-refractivity contribution in [1.29, 1.82) is 0 Å². The number of anilines is 5. The molecule has 0 fully saturated rings. The van der Waals surface area contributed by atoms with Gasteiger partial charge in [-0.2, -0.15) is 0 Å². The lowest BCUT2D eigenvalue weighted by Gasteiger charge is -2.34. The SMILES string of the molecule is Cc1ccc(N(C2=CC(c3ccccc3-c3ccccc3-c3cccc(N(c4ccc(C)cc4)c4ccc(C)cc4)c3)=CCC2C)c2ccc(C)cc2)cc1. The molecule has 1 atom stereocenters. The van der Waals surface area contributed by atoms with E-state index in [1.807, 2.05) is 0 Å². The molecule has 55 heavy (non-hydrogen) atoms. The van der Waals surface area contributed by atoms with Crippen LogP contribution in [-0.4, -0.2) is 0 Å². The lowest BCUT2D eigenvalue weighted by molar-refractivity contribution is 0.672. The maximum atomic E-state index is 2.45. The topological polar surface area (TPSA) is 6.48 Å². The van der Waals surface area contributed by atoms with Crippen LogP contribution in [0, 0.1) is 33.6 Å². The van der Waals surface area contributed by atoms with Crippen molar-refractivity contribution in [3.63, 3.8) is 0 Å². The summed E-state index contributed by atoms with van der Waals surface area (Å²) in [7, 11) is 0. The zero-order valence-electron chi connectivity index (χ0n) is 32.5. The van der Waals surface area contributed by atoms with Gasteiger partial charge in [-0.25, -0.2) is 0 Å². The number of hydrogen-bond acceptors (Lipinski definition) is 2. The van der Waals surface area contributed by atoms with Crippen LogP contribution in [0.25, 0.3) is 27.8 Å². The molecule has 0 saturated heterocycles. The van der Waals surface area contributed by atoms with Crippen molar-refractivity contribution in [1.82, 2.24) is 0 Å². The molecule has 1 aliphatic rings. The minimum absolute atomic E-state index is 0.346. The van der Waals surface area contributed by atoms with Crippen LogP contribution in [0.15, 0.2) is 188 Å². The third kappa shape index (κ3) is 7.54. The summed E-state index contributed by atoms with van der Waals surface area (Å²) in [5.41, 5.74) is 19.4. The van der Waals surface area contributed by atoms with Gasteiger partial charge >= 0.3 is 0 Å². The molecule has 0 N–H and O–H groups in total. The highest BCUT2D eigenvalue weighted by molar-refractivity contribution is 5.93. The van der Waals surface area contributed by atoms with Crippen LogP contribution < -0.4 is 9.80 Å². The fourth-order valence-electron chi connectivity index (χ4n) is 7.68. The van der Waals surface area contributed by atoms with Gasteiger partial charge in [-0.1, -0.05) is 144 Å². The molecule has 0 bridgehead atoms. The second-order valence-corrected chi connectivity index (χ2v) is 15.0. The molecule has 2 nitrogen and oxygen atoms in total. The Balaban J connectivity index is 1.21. The van der Waals surface area contributed by atoms with Crippen LogP contribution >= 0.6 is 0 Å². The summed E-state index contributed by atoms with van der Waals surface area (Å²) in [6.07, 6.45) is 5.82. The first kappa shape index (κ1) is 35.6. The number of nitrogens with zero attached hydrogens (tertiary/aromatic N) is 2. The van der Waals surface area contributed by atoms with Crippen molar-refractivity contribution < 1.29 is 0 Å². The van der Waals surface area contributed by atoms with Crippen LogP contribution in [0.5, 0.6) is 0 Å². The first-order valence-corrected chi connectivity index (χ1v) is 19.4. The van der Waals surface area contributed by atoms with Crippen LogP contribution in [0.1, 0.15) is 41.2 Å². The van der Waals surface area contributed by atoms with E-state index in [4.69, 9.17) is 0 Å². The second kappa shape index (κ2) is 15.5. The highest BCUT2D eigenvalue weighted by atomic mass is 15.2. The zero-order chi connectivity index (χ0) is 37.9. The Morgan fingerprint density at radius 1 is 0.400 bits per heavy atom. The van der Waals surface area contributed by atoms with Gasteiger partial charge < -0.3 is 9.80 Å². The maximum Gasteiger partial charge on any atom is 0.0467 e. The number of aryl methyl sites for hydroxylation is 4. The standard InChI is InChI=1S/C53H48N2/c1-37-17-27-44(28-18-37)54(45-29-19-38(2)20-30-45)48-12-10-11-42(35-48)49-13-6-8-15-51(49)52-16-9-7-14-50(52)43-26-25-41(5)53(36-43)55(46-31-21-39(3)22-32-46)47-33-23-40(4)24-34-47/h6-24,26-36,41H,25H2,1-5H3. The van der Waals surface area contributed by atoms with E-state index in [-0.39, 0.29) is 0 Å². The van der Waals surface area contributed by atoms with E-state index in [9.17, 15) is 0 Å². The molecule has 7 aromatic carbocycles. The molecule has 0 spiro atoms. The molecular formula is C53H48N2. The van der Waals surface area contributed by atoms with Gasteiger partial charge in [0.1, 0.15) is 0 Å². The number of allylic oxidation sites excluding steroid dienone is 4. The molecule has 0 radical (unpaired) electrons. The van der Waals surface area contributed by atoms with Crippen LogP contribution in [0.3, 0.4) is 0 Å². The first-order valence-electron chi connectivity index (χ1n) is 19.4. The van der Waals surface area contributed by atoms with Gasteiger partial charge in [0, 0.05) is 40.1 Å². The summed E-state index contributed by atoms with van der Waals surface area (Å²) in [6, 6.07) is 62.2. The van der Waals surface area contributed by atoms with Gasteiger partial charge in [-0.05, 0) is 134 Å². The Labute approximate surface area is 327 Å². The molecule has 270 valence electrons. The van der Waals surface area contributed by atoms with Crippen molar-refractivity contribution in [3.05, 3.63) is 216 Å². The Kier molecular flexibility index (Phi) is 10.1. The summed E-state index contributed by atoms with van der Waals surface area (Å²) >= 11 is 0. The predicted molar refractivity (Wildman–Crippen MR) is 236 cm³/mol. The first-order chi connectivity index (χ1) is 26.8. The molecule has 7 aromatic rings. The Hall–Kier alpha value is -6.38. The highest BCUT2D eigenvalue weighted by Gasteiger charge is 2.24. The summed E-state index contributed by atoms with van der Waals surface area (Å²) in [5, 5.41) is 0. The van der Waals surface area contributed by atoms with Gasteiger partial charge in [-0.3, -0.25) is 0 Å². The molecule has 0 saturated carbocycles. The van der Waals surface area contributed by atoms with E-state index < -0.39 is 0 Å². The van der Waals surface area contributed by atoms with Gasteiger partial charge in [0.05, 0.1) is 0 Å². The van der Waals surface area contributed by atoms with Crippen LogP contribution in [0.4, 0.5) is 28.4 Å². The largest absolute Gasteiger partial charge is 0.314 e. The molecular weight excluding hydrogens is 665 g/mol. The summed E-state index contributed by atoms with van der Waals surface area (Å²) < 4.78 is 0. The van der Waals surface area contributed by atoms with E-state index in [1.54, 1.807) is 0 Å². The average Bonchev–Trinajstić information content (AvgIpc) is 3.22. The van der Waals surface area contributed by atoms with Crippen molar-refractivity contribution in [2.45, 2.75) is 41.0 Å². The van der Waals surface area contributed by atoms with Gasteiger partial charge in [-0.15, -0.1) is 0 Å². The monoisotopic (exact) mass is 712 g/mol. The van der Waals surface area contributed by atoms with E-state index in [0.717, 1.165) is 23.5 Å². The molecule has 8 rings (SSSR count). The third-order valence-electron chi connectivity index (χ3n) is 10.8. The number of rotatable bonds is 9. The van der Waals surface area contributed by atoms with Gasteiger partial charge in [0.2, 0.25) is 0 Å². The zero-order valence-corrected chi connectivity index (χ0v) is 32.5. The lowest BCUT2D eigenvalue weighted by Crippen LogP contribution is -2.23. The molecule has 1 unspecified atom stereocenters. The van der Waals surface area contributed by atoms with E-state index in [2.05, 4.69) is 226 Å². The molecule has 2 heteroatoms. The van der Waals surface area contributed by atoms with Crippen molar-refractivity contribution in [3.8, 4) is 22.3 Å². The van der Waals surface area contributed by atoms with Gasteiger partial charge in [0.25, 0.3) is 0 Å². The molecule has 0 aliphatic heterocycles. The van der Waals surface area contributed by atoms with E-state index >= 15 is 0 Å². The number of benzene rings is 7. The van der Waals surface area contributed by atoms with Gasteiger partial charge in [0.15, 0.2) is 0 Å². The van der Waals surface area contributed by atoms with E-state index in [1.165, 1.54) is 72.7 Å². The summed E-state index contributed by atoms with van der Waals surface area (Å²) in [5.74, 6) is 0.346. The Bertz CT molecular complexity index is 2390. The summed E-state index contributed by atoms with van der Waals surface area (Å²) in [4.78, 5) is 4.81. The van der Waals surface area contributed by atoms with Crippen molar-refractivity contribution in [2.75, 3.05) is 9.80 Å². The minimum atomic E-state index is 0.346. The lowest BCUT2D eigenvalue weighted by atomic mass is 9.85. The normalized spacial score (nSPS) is 13.9. The quantitative estimate of drug-likeness (QED) is 0.147. The highest BCUT2D eigenvalue weighted by Crippen LogP contribution is 2.43. The fraction of sp³-hybridized carbons (Fsp3) is 0.132. The predicted octanol–water partition coefficient (Wildman–Crippen LogP) is 14.9. The fourth-order valence-corrected chi connectivity index (χ4v) is 7.68. The second-order valence-electron chi connectivity index (χ2n) is 15.0. The Morgan fingerprint density at radius 3 is 1.31 bits per heavy atom. The molecule has 1 aliphatic carbocycles. The smallest absolute Gasteiger partial charge is 0.0467 e. The number of hydrogen-bond donors (Lipinski definition) is 0. The van der Waals surface area contributed by atoms with Crippen LogP contribution in [0.2, 0.25) is 0 Å². The van der Waals surface area contributed by atoms with Crippen molar-refractivity contribution >= 4 is 34.0 Å². The molecule has 0 heterocycles. The molecule has 0 aromatic heterocycles. The minimum Gasteiger partial charge on any atom is -0.314 e. The van der Waals surface area contributed by atoms with Crippen LogP contribution in [-0.2, 0) is 0 Å². The Morgan fingerprint density at radius 2 is 0.818 bits per heavy atom. The van der Waals surface area contributed by atoms with E-state index in [0.29, 0.717) is 5.92 Å². The maximum absolute atomic E-state index is 2.45.